The third kappa shape index (κ3) is 2.79. The van der Waals surface area contributed by atoms with Crippen LogP contribution in [0.5, 0.6) is 0 Å². The van der Waals surface area contributed by atoms with Gasteiger partial charge >= 0.3 is 0 Å². The molecule has 0 bridgehead atoms. The molecule has 25 heavy (non-hydrogen) atoms. The molecule has 0 atom stereocenters. The van der Waals surface area contributed by atoms with Crippen LogP contribution in [0.1, 0.15) is 5.56 Å². The Labute approximate surface area is 150 Å². The number of rotatable bonds is 3. The molecule has 0 aliphatic rings. The van der Waals surface area contributed by atoms with E-state index in [2.05, 4.69) is 41.8 Å². The van der Waals surface area contributed by atoms with Gasteiger partial charge in [0, 0.05) is 23.5 Å². The average Bonchev–Trinajstić information content (AvgIpc) is 3.03. The second-order valence-electron chi connectivity index (χ2n) is 5.79. The van der Waals surface area contributed by atoms with Crippen LogP contribution in [-0.4, -0.2) is 9.38 Å². The normalized spacial score (nSPS) is 10.7. The Morgan fingerprint density at radius 1 is 0.880 bits per heavy atom. The van der Waals surface area contributed by atoms with Crippen molar-refractivity contribution in [1.82, 2.24) is 9.38 Å². The van der Waals surface area contributed by atoms with Gasteiger partial charge in [0.2, 0.25) is 0 Å². The minimum absolute atomic E-state index is 0.848. The number of pyridine rings is 1. The summed E-state index contributed by atoms with van der Waals surface area (Å²) in [6.07, 6.45) is 1.96. The standard InChI is InChI=1S/C21H15N3S/c1-15-6-5-13-24-20(15)23-19(21(24)25-14-22)18-11-9-17(10-12-18)16-7-3-2-4-8-16/h2-13H,1H3. The summed E-state index contributed by atoms with van der Waals surface area (Å²) in [5.74, 6) is 0. The molecule has 0 N–H and O–H groups in total. The van der Waals surface area contributed by atoms with E-state index in [1.54, 1.807) is 0 Å². The molecule has 0 amide bonds. The first-order valence-corrected chi connectivity index (χ1v) is 8.79. The highest BCUT2D eigenvalue weighted by atomic mass is 32.2. The molecule has 4 heteroatoms. The highest BCUT2D eigenvalue weighted by Crippen LogP contribution is 2.33. The molecule has 0 aliphatic carbocycles. The number of nitrogens with zero attached hydrogens (tertiary/aromatic N) is 3. The van der Waals surface area contributed by atoms with Crippen LogP contribution in [0.2, 0.25) is 0 Å². The highest BCUT2D eigenvalue weighted by molar-refractivity contribution is 8.03. The van der Waals surface area contributed by atoms with Crippen LogP contribution < -0.4 is 0 Å². The van der Waals surface area contributed by atoms with E-state index in [4.69, 9.17) is 4.98 Å². The summed E-state index contributed by atoms with van der Waals surface area (Å²) in [6.45, 7) is 2.03. The summed E-state index contributed by atoms with van der Waals surface area (Å²) in [6, 6.07) is 22.6. The maximum atomic E-state index is 9.20. The predicted octanol–water partition coefficient (Wildman–Crippen LogP) is 5.55. The smallest absolute Gasteiger partial charge is 0.141 e. The fraction of sp³-hybridized carbons (Fsp3) is 0.0476. The fourth-order valence-electron chi connectivity index (χ4n) is 2.96. The van der Waals surface area contributed by atoms with E-state index in [-0.39, 0.29) is 0 Å². The summed E-state index contributed by atoms with van der Waals surface area (Å²) in [5.41, 5.74) is 6.20. The summed E-state index contributed by atoms with van der Waals surface area (Å²) >= 11 is 1.15. The molecule has 0 unspecified atom stereocenters. The molecule has 2 aromatic heterocycles. The van der Waals surface area contributed by atoms with E-state index in [0.717, 1.165) is 39.3 Å². The summed E-state index contributed by atoms with van der Waals surface area (Å²) in [5, 5.41) is 12.2. The Morgan fingerprint density at radius 2 is 1.56 bits per heavy atom. The Hall–Kier alpha value is -3.03. The van der Waals surface area contributed by atoms with Gasteiger partial charge in [-0.2, -0.15) is 5.26 Å². The van der Waals surface area contributed by atoms with Crippen LogP contribution in [-0.2, 0) is 0 Å². The van der Waals surface area contributed by atoms with Crippen LogP contribution in [0.25, 0.3) is 28.0 Å². The number of fused-ring (bicyclic) bond motifs is 1. The lowest BCUT2D eigenvalue weighted by atomic mass is 10.0. The predicted molar refractivity (Wildman–Crippen MR) is 102 cm³/mol. The van der Waals surface area contributed by atoms with Gasteiger partial charge in [-0.15, -0.1) is 0 Å². The Morgan fingerprint density at radius 3 is 2.28 bits per heavy atom. The lowest BCUT2D eigenvalue weighted by Gasteiger charge is -2.04. The maximum absolute atomic E-state index is 9.20. The van der Waals surface area contributed by atoms with Crippen molar-refractivity contribution in [3.63, 3.8) is 0 Å². The summed E-state index contributed by atoms with van der Waals surface area (Å²) < 4.78 is 1.99. The Kier molecular flexibility index (Phi) is 4.01. The van der Waals surface area contributed by atoms with Gasteiger partial charge in [-0.3, -0.25) is 4.40 Å². The monoisotopic (exact) mass is 341 g/mol. The first-order chi connectivity index (χ1) is 12.3. The number of imidazole rings is 1. The largest absolute Gasteiger partial charge is 0.293 e. The first-order valence-electron chi connectivity index (χ1n) is 7.97. The van der Waals surface area contributed by atoms with Gasteiger partial charge in [0.25, 0.3) is 0 Å². The zero-order valence-electron chi connectivity index (χ0n) is 13.7. The van der Waals surface area contributed by atoms with E-state index < -0.39 is 0 Å². The van der Waals surface area contributed by atoms with Crippen molar-refractivity contribution >= 4 is 17.4 Å². The van der Waals surface area contributed by atoms with Crippen LogP contribution >= 0.6 is 11.8 Å². The second kappa shape index (κ2) is 6.46. The number of nitriles is 1. The molecule has 0 radical (unpaired) electrons. The van der Waals surface area contributed by atoms with Crippen molar-refractivity contribution in [3.05, 3.63) is 78.5 Å². The minimum atomic E-state index is 0.848. The van der Waals surface area contributed by atoms with Crippen LogP contribution in [0.15, 0.2) is 78.0 Å². The summed E-state index contributed by atoms with van der Waals surface area (Å²) in [7, 11) is 0. The van der Waals surface area contributed by atoms with Gasteiger partial charge in [0.15, 0.2) is 0 Å². The molecule has 0 spiro atoms. The van der Waals surface area contributed by atoms with Crippen molar-refractivity contribution in [2.75, 3.05) is 0 Å². The van der Waals surface area contributed by atoms with Crippen molar-refractivity contribution in [1.29, 1.82) is 5.26 Å². The molecule has 0 saturated heterocycles. The molecule has 3 nitrogen and oxygen atoms in total. The average molecular weight is 341 g/mol. The van der Waals surface area contributed by atoms with Gasteiger partial charge in [-0.05, 0) is 29.7 Å². The second-order valence-corrected chi connectivity index (χ2v) is 6.56. The van der Waals surface area contributed by atoms with Crippen LogP contribution in [0.3, 0.4) is 0 Å². The SMILES string of the molecule is Cc1cccn2c(SC#N)c(-c3ccc(-c4ccccc4)cc3)nc12. The topological polar surface area (TPSA) is 41.1 Å². The van der Waals surface area contributed by atoms with Crippen molar-refractivity contribution in [2.45, 2.75) is 11.9 Å². The van der Waals surface area contributed by atoms with E-state index in [1.165, 1.54) is 11.1 Å². The van der Waals surface area contributed by atoms with Crippen LogP contribution in [0.4, 0.5) is 0 Å². The quantitative estimate of drug-likeness (QED) is 0.362. The number of hydrogen-bond donors (Lipinski definition) is 0. The molecule has 4 rings (SSSR count). The molecule has 2 aromatic carbocycles. The number of thiocyanates is 1. The van der Waals surface area contributed by atoms with Gasteiger partial charge in [-0.25, -0.2) is 4.98 Å². The summed E-state index contributed by atoms with van der Waals surface area (Å²) in [4.78, 5) is 4.79. The van der Waals surface area contributed by atoms with E-state index in [9.17, 15) is 5.26 Å². The van der Waals surface area contributed by atoms with E-state index >= 15 is 0 Å². The van der Waals surface area contributed by atoms with Crippen LogP contribution in [0, 0.1) is 17.6 Å². The minimum Gasteiger partial charge on any atom is -0.293 e. The molecule has 0 aliphatic heterocycles. The number of hydrogen-bond acceptors (Lipinski definition) is 3. The molecule has 4 aromatic rings. The van der Waals surface area contributed by atoms with Gasteiger partial charge in [0.1, 0.15) is 21.8 Å². The lowest BCUT2D eigenvalue weighted by Crippen LogP contribution is -1.87. The van der Waals surface area contributed by atoms with E-state index in [0.29, 0.717) is 0 Å². The molecule has 0 saturated carbocycles. The molecular weight excluding hydrogens is 326 g/mol. The van der Waals surface area contributed by atoms with Crippen molar-refractivity contribution in [3.8, 4) is 27.8 Å². The molecular formula is C21H15N3S. The number of aromatic nitrogens is 2. The van der Waals surface area contributed by atoms with Crippen molar-refractivity contribution in [2.24, 2.45) is 0 Å². The zero-order chi connectivity index (χ0) is 17.2. The lowest BCUT2D eigenvalue weighted by molar-refractivity contribution is 1.05. The van der Waals surface area contributed by atoms with Gasteiger partial charge in [-0.1, -0.05) is 60.7 Å². The maximum Gasteiger partial charge on any atom is 0.141 e. The third-order valence-electron chi connectivity index (χ3n) is 4.21. The number of thioether (sulfide) groups is 1. The third-order valence-corrected chi connectivity index (χ3v) is 4.88. The van der Waals surface area contributed by atoms with Gasteiger partial charge < -0.3 is 0 Å². The molecule has 120 valence electrons. The highest BCUT2D eigenvalue weighted by Gasteiger charge is 2.15. The first kappa shape index (κ1) is 15.5. The number of benzene rings is 2. The van der Waals surface area contributed by atoms with E-state index in [1.807, 2.05) is 47.9 Å². The number of aryl methyl sites for hydroxylation is 1. The molecule has 0 fully saturated rings. The Bertz CT molecular complexity index is 1070. The van der Waals surface area contributed by atoms with Gasteiger partial charge in [0.05, 0.1) is 0 Å². The zero-order valence-corrected chi connectivity index (χ0v) is 14.5. The fourth-order valence-corrected chi connectivity index (χ4v) is 3.55. The van der Waals surface area contributed by atoms with Crippen molar-refractivity contribution < 1.29 is 0 Å². The molecule has 2 heterocycles. The Balaban J connectivity index is 1.83.